The van der Waals surface area contributed by atoms with E-state index < -0.39 is 20.9 Å². The van der Waals surface area contributed by atoms with Crippen molar-refractivity contribution in [2.24, 2.45) is 11.1 Å². The third kappa shape index (κ3) is 6.42. The summed E-state index contributed by atoms with van der Waals surface area (Å²) in [4.78, 5) is 24.7. The highest BCUT2D eigenvalue weighted by molar-refractivity contribution is 7.99. The quantitative estimate of drug-likeness (QED) is 0.249. The maximum Gasteiger partial charge on any atom is 0.309 e. The summed E-state index contributed by atoms with van der Waals surface area (Å²) in [5.41, 5.74) is -0.172. The maximum atomic E-state index is 11.6. The molecule has 10 nitrogen and oxygen atoms in total. The largest absolute Gasteiger partial charge is 0.481 e. The highest BCUT2D eigenvalue weighted by atomic mass is 32.2. The van der Waals surface area contributed by atoms with Crippen molar-refractivity contribution < 1.29 is 23.2 Å². The first-order valence-electron chi connectivity index (χ1n) is 9.84. The molecule has 4 N–H and O–H groups in total. The molecule has 0 amide bonds. The van der Waals surface area contributed by atoms with Gasteiger partial charge >= 0.3 is 5.97 Å². The third-order valence-electron chi connectivity index (χ3n) is 5.15. The lowest BCUT2D eigenvalue weighted by atomic mass is 10.00. The first-order chi connectivity index (χ1) is 15.1. The Kier molecular flexibility index (Phi) is 7.72. The molecule has 2 aromatic carbocycles. The number of nitro groups is 1. The van der Waals surface area contributed by atoms with Crippen LogP contribution in [0.25, 0.3) is 0 Å². The molecule has 0 saturated carbocycles. The van der Waals surface area contributed by atoms with Crippen molar-refractivity contribution in [2.75, 3.05) is 30.7 Å². The minimum atomic E-state index is -4.07. The second kappa shape index (κ2) is 10.3. The van der Waals surface area contributed by atoms with Gasteiger partial charge in [-0.25, -0.2) is 13.6 Å². The van der Waals surface area contributed by atoms with Crippen molar-refractivity contribution >= 4 is 39.1 Å². The standard InChI is InChI=1S/C20H24N4O6S2/c21-32(29,30)17-6-7-18(19(10-17)24(27)28)22-15(13-31-16-4-2-1-3-5-16)8-9-23-11-14(12-23)20(25)26/h1-7,10,14-15,22H,8-9,11-13H2,(H,25,26)(H2,21,29,30)/t15-/m1/s1. The molecule has 1 saturated heterocycles. The van der Waals surface area contributed by atoms with Gasteiger partial charge in [-0.15, -0.1) is 11.8 Å². The molecule has 1 aliphatic rings. The Morgan fingerprint density at radius 3 is 2.56 bits per heavy atom. The van der Waals surface area contributed by atoms with Gasteiger partial charge in [-0.1, -0.05) is 18.2 Å². The molecule has 12 heteroatoms. The van der Waals surface area contributed by atoms with Gasteiger partial charge in [0.25, 0.3) is 5.69 Å². The summed E-state index contributed by atoms with van der Waals surface area (Å²) in [5.74, 6) is -0.554. The number of aliphatic carboxylic acids is 1. The summed E-state index contributed by atoms with van der Waals surface area (Å²) < 4.78 is 23.2. The summed E-state index contributed by atoms with van der Waals surface area (Å²) in [6.45, 7) is 1.61. The van der Waals surface area contributed by atoms with E-state index in [1.54, 1.807) is 11.8 Å². The molecule has 0 aromatic heterocycles. The van der Waals surface area contributed by atoms with Crippen LogP contribution in [0.5, 0.6) is 0 Å². The number of nitro benzene ring substituents is 1. The number of thioether (sulfide) groups is 1. The molecule has 0 spiro atoms. The number of nitrogens with two attached hydrogens (primary N) is 1. The predicted octanol–water partition coefficient (Wildman–Crippen LogP) is 2.22. The highest BCUT2D eigenvalue weighted by Crippen LogP contribution is 2.30. The molecular formula is C20H24N4O6S2. The number of benzene rings is 2. The van der Waals surface area contributed by atoms with E-state index >= 15 is 0 Å². The summed E-state index contributed by atoms with van der Waals surface area (Å²) in [6, 6.07) is 13.1. The minimum Gasteiger partial charge on any atom is -0.481 e. The van der Waals surface area contributed by atoms with Gasteiger partial charge in [0.05, 0.1) is 15.7 Å². The number of carboxylic acids is 1. The van der Waals surface area contributed by atoms with Gasteiger partial charge in [0.1, 0.15) is 5.69 Å². The number of primary sulfonamides is 1. The van der Waals surface area contributed by atoms with E-state index in [9.17, 15) is 23.3 Å². The SMILES string of the molecule is NS(=O)(=O)c1ccc(N[C@H](CCN2CC(C(=O)O)C2)CSc2ccccc2)c([N+](=O)[O-])c1. The van der Waals surface area contributed by atoms with E-state index in [0.29, 0.717) is 31.8 Å². The van der Waals surface area contributed by atoms with Crippen LogP contribution in [0.3, 0.4) is 0 Å². The van der Waals surface area contributed by atoms with Crippen molar-refractivity contribution in [3.05, 3.63) is 58.6 Å². The van der Waals surface area contributed by atoms with Gasteiger partial charge in [-0.05, 0) is 30.7 Å². The molecule has 1 heterocycles. The fraction of sp³-hybridized carbons (Fsp3) is 0.350. The van der Waals surface area contributed by atoms with E-state index in [0.717, 1.165) is 11.0 Å². The lowest BCUT2D eigenvalue weighted by Crippen LogP contribution is -2.51. The number of carbonyl (C=O) groups is 1. The third-order valence-corrected chi connectivity index (χ3v) is 7.23. The summed E-state index contributed by atoms with van der Waals surface area (Å²) in [5, 5.41) is 28.9. The molecule has 0 radical (unpaired) electrons. The molecule has 172 valence electrons. The Bertz CT molecular complexity index is 1070. The molecule has 1 atom stereocenters. The van der Waals surface area contributed by atoms with E-state index in [2.05, 4.69) is 5.32 Å². The lowest BCUT2D eigenvalue weighted by molar-refractivity contribution is -0.384. The molecule has 1 aliphatic heterocycles. The van der Waals surface area contributed by atoms with Crippen LogP contribution >= 0.6 is 11.8 Å². The fourth-order valence-corrected chi connectivity index (χ4v) is 4.87. The lowest BCUT2D eigenvalue weighted by Gasteiger charge is -2.37. The number of rotatable bonds is 11. The number of anilines is 1. The Balaban J connectivity index is 1.73. The summed E-state index contributed by atoms with van der Waals surface area (Å²) in [6.07, 6.45) is 0.625. The van der Waals surface area contributed by atoms with Crippen LogP contribution in [0.2, 0.25) is 0 Å². The van der Waals surface area contributed by atoms with E-state index in [4.69, 9.17) is 10.2 Å². The molecule has 0 aliphatic carbocycles. The average molecular weight is 481 g/mol. The second-order valence-electron chi connectivity index (χ2n) is 7.53. The maximum absolute atomic E-state index is 11.6. The smallest absolute Gasteiger partial charge is 0.309 e. The molecule has 0 bridgehead atoms. The van der Waals surface area contributed by atoms with Crippen LogP contribution in [-0.4, -0.2) is 60.7 Å². The zero-order chi connectivity index (χ0) is 23.3. The number of likely N-dealkylation sites (tertiary alicyclic amines) is 1. The van der Waals surface area contributed by atoms with Crippen LogP contribution in [0.4, 0.5) is 11.4 Å². The fourth-order valence-electron chi connectivity index (χ4n) is 3.34. The van der Waals surface area contributed by atoms with Crippen molar-refractivity contribution in [1.82, 2.24) is 4.90 Å². The van der Waals surface area contributed by atoms with Gasteiger partial charge in [-0.2, -0.15) is 0 Å². The first-order valence-corrected chi connectivity index (χ1v) is 12.4. The van der Waals surface area contributed by atoms with Crippen molar-refractivity contribution in [3.8, 4) is 0 Å². The van der Waals surface area contributed by atoms with Crippen LogP contribution in [0.15, 0.2) is 58.3 Å². The monoisotopic (exact) mass is 480 g/mol. The second-order valence-corrected chi connectivity index (χ2v) is 10.2. The number of nitrogens with one attached hydrogen (secondary N) is 1. The van der Waals surface area contributed by atoms with Crippen LogP contribution in [-0.2, 0) is 14.8 Å². The molecule has 3 rings (SSSR count). The molecule has 0 unspecified atom stereocenters. The zero-order valence-electron chi connectivity index (χ0n) is 17.1. The van der Waals surface area contributed by atoms with Gasteiger partial charge in [-0.3, -0.25) is 14.9 Å². The normalized spacial score (nSPS) is 15.7. The Morgan fingerprint density at radius 1 is 1.28 bits per heavy atom. The van der Waals surface area contributed by atoms with Gasteiger partial charge in [0.2, 0.25) is 10.0 Å². The van der Waals surface area contributed by atoms with E-state index in [1.165, 1.54) is 12.1 Å². The zero-order valence-corrected chi connectivity index (χ0v) is 18.7. The molecule has 2 aromatic rings. The summed E-state index contributed by atoms with van der Waals surface area (Å²) >= 11 is 1.59. The number of carboxylic acid groups (broad SMARTS) is 1. The number of hydrogen-bond acceptors (Lipinski definition) is 8. The Hall–Kier alpha value is -2.67. The molecular weight excluding hydrogens is 456 g/mol. The van der Waals surface area contributed by atoms with Crippen molar-refractivity contribution in [3.63, 3.8) is 0 Å². The number of sulfonamides is 1. The Morgan fingerprint density at radius 2 is 1.97 bits per heavy atom. The molecule has 1 fully saturated rings. The van der Waals surface area contributed by atoms with E-state index in [-0.39, 0.29) is 28.2 Å². The average Bonchev–Trinajstić information content (AvgIpc) is 2.70. The Labute approximate surface area is 190 Å². The van der Waals surface area contributed by atoms with E-state index in [1.807, 2.05) is 35.2 Å². The minimum absolute atomic E-state index is 0.178. The highest BCUT2D eigenvalue weighted by Gasteiger charge is 2.32. The first kappa shape index (κ1) is 24.0. The van der Waals surface area contributed by atoms with Crippen LogP contribution in [0.1, 0.15) is 6.42 Å². The predicted molar refractivity (Wildman–Crippen MR) is 121 cm³/mol. The van der Waals surface area contributed by atoms with Gasteiger partial charge in [0.15, 0.2) is 0 Å². The van der Waals surface area contributed by atoms with Gasteiger partial charge in [0, 0.05) is 42.4 Å². The number of nitrogens with zero attached hydrogens (tertiary/aromatic N) is 2. The van der Waals surface area contributed by atoms with Crippen molar-refractivity contribution in [1.29, 1.82) is 0 Å². The van der Waals surface area contributed by atoms with Crippen LogP contribution in [0, 0.1) is 16.0 Å². The van der Waals surface area contributed by atoms with Crippen LogP contribution < -0.4 is 10.5 Å². The van der Waals surface area contributed by atoms with Crippen molar-refractivity contribution in [2.45, 2.75) is 22.3 Å². The number of hydrogen-bond donors (Lipinski definition) is 3. The summed E-state index contributed by atoms with van der Waals surface area (Å²) in [7, 11) is -4.07. The molecule has 32 heavy (non-hydrogen) atoms. The van der Waals surface area contributed by atoms with Gasteiger partial charge < -0.3 is 15.3 Å². The topological polar surface area (TPSA) is 156 Å².